The SMILES string of the molecule is Cc1nn(Cc2ccc(Cl)c(Cl)c2)c(C)c1NC(=O)CCn1nc(C(F)(F)F)c(Br)c1C1CC1. The van der Waals surface area contributed by atoms with Crippen LogP contribution in [0.2, 0.25) is 10.0 Å². The van der Waals surface area contributed by atoms with Gasteiger partial charge in [0.25, 0.3) is 0 Å². The molecule has 1 aromatic carbocycles. The number of benzene rings is 1. The van der Waals surface area contributed by atoms with E-state index in [4.69, 9.17) is 23.2 Å². The number of nitrogens with zero attached hydrogens (tertiary/aromatic N) is 4. The number of carbonyl (C=O) groups is 1. The van der Waals surface area contributed by atoms with E-state index >= 15 is 0 Å². The number of amides is 1. The molecule has 0 unspecified atom stereocenters. The zero-order chi connectivity index (χ0) is 24.8. The van der Waals surface area contributed by atoms with Gasteiger partial charge in [0.2, 0.25) is 5.91 Å². The van der Waals surface area contributed by atoms with Crippen LogP contribution in [0.1, 0.15) is 53.5 Å². The van der Waals surface area contributed by atoms with E-state index in [9.17, 15) is 18.0 Å². The molecule has 0 spiro atoms. The van der Waals surface area contributed by atoms with Crippen LogP contribution in [-0.2, 0) is 24.1 Å². The van der Waals surface area contributed by atoms with Crippen LogP contribution in [0, 0.1) is 13.8 Å². The zero-order valence-electron chi connectivity index (χ0n) is 18.3. The fraction of sp³-hybridized carbons (Fsp3) is 0.409. The number of carbonyl (C=O) groups excluding carboxylic acids is 1. The van der Waals surface area contributed by atoms with Crippen LogP contribution in [0.25, 0.3) is 0 Å². The maximum atomic E-state index is 13.3. The average molecular weight is 579 g/mol. The molecule has 6 nitrogen and oxygen atoms in total. The molecule has 3 aromatic rings. The van der Waals surface area contributed by atoms with Gasteiger partial charge in [-0.1, -0.05) is 29.3 Å². The first-order chi connectivity index (χ1) is 16.0. The van der Waals surface area contributed by atoms with Crippen LogP contribution in [0.5, 0.6) is 0 Å². The summed E-state index contributed by atoms with van der Waals surface area (Å²) in [5, 5.41) is 12.0. The Balaban J connectivity index is 1.45. The lowest BCUT2D eigenvalue weighted by atomic mass is 10.2. The third-order valence-corrected chi connectivity index (χ3v) is 7.20. The number of anilines is 1. The molecular formula is C22H21BrCl2F3N5O. The van der Waals surface area contributed by atoms with E-state index in [-0.39, 0.29) is 29.3 Å². The van der Waals surface area contributed by atoms with Crippen molar-refractivity contribution in [2.45, 2.75) is 58.3 Å². The van der Waals surface area contributed by atoms with Crippen molar-refractivity contribution in [1.29, 1.82) is 0 Å². The topological polar surface area (TPSA) is 64.7 Å². The van der Waals surface area contributed by atoms with Gasteiger partial charge in [-0.25, -0.2) is 0 Å². The molecule has 1 aliphatic rings. The quantitative estimate of drug-likeness (QED) is 0.338. The van der Waals surface area contributed by atoms with Crippen LogP contribution in [-0.4, -0.2) is 25.5 Å². The van der Waals surface area contributed by atoms with Gasteiger partial charge >= 0.3 is 6.18 Å². The molecule has 0 aliphatic heterocycles. The summed E-state index contributed by atoms with van der Waals surface area (Å²) in [4.78, 5) is 12.7. The Kier molecular flexibility index (Phi) is 7.04. The third kappa shape index (κ3) is 5.28. The minimum atomic E-state index is -4.56. The normalized spacial score (nSPS) is 14.0. The number of hydrogen-bond acceptors (Lipinski definition) is 3. The summed E-state index contributed by atoms with van der Waals surface area (Å²) in [5.74, 6) is -0.299. The summed E-state index contributed by atoms with van der Waals surface area (Å²) in [7, 11) is 0. The molecule has 4 rings (SSSR count). The van der Waals surface area contributed by atoms with Gasteiger partial charge in [-0.3, -0.25) is 14.2 Å². The van der Waals surface area contributed by atoms with Crippen LogP contribution >= 0.6 is 39.1 Å². The second-order valence-corrected chi connectivity index (χ2v) is 9.90. The second kappa shape index (κ2) is 9.54. The molecule has 182 valence electrons. The fourth-order valence-electron chi connectivity index (χ4n) is 3.80. The first-order valence-electron chi connectivity index (χ1n) is 10.6. The van der Waals surface area contributed by atoms with Crippen LogP contribution < -0.4 is 5.32 Å². The standard InChI is InChI=1S/C22H21BrCl2F3N5O/c1-11-19(12(2)33(30-11)10-13-3-6-15(24)16(25)9-13)29-17(34)7-8-32-20(14-4-5-14)18(23)21(31-32)22(26,27)28/h3,6,9,14H,4-5,7-8,10H2,1-2H3,(H,29,34). The van der Waals surface area contributed by atoms with Crippen molar-refractivity contribution in [3.8, 4) is 0 Å². The summed E-state index contributed by atoms with van der Waals surface area (Å²) >= 11 is 15.1. The summed E-state index contributed by atoms with van der Waals surface area (Å²) in [6, 6.07) is 5.31. The summed E-state index contributed by atoms with van der Waals surface area (Å²) in [6.45, 7) is 4.09. The summed E-state index contributed by atoms with van der Waals surface area (Å²) in [6.07, 6.45) is -2.97. The Morgan fingerprint density at radius 2 is 1.88 bits per heavy atom. The molecule has 2 heterocycles. The molecule has 2 aromatic heterocycles. The molecule has 0 radical (unpaired) electrons. The summed E-state index contributed by atoms with van der Waals surface area (Å²) < 4.78 is 42.9. The number of halogens is 6. The highest BCUT2D eigenvalue weighted by atomic mass is 79.9. The Hall–Kier alpha value is -2.04. The molecule has 0 atom stereocenters. The highest BCUT2D eigenvalue weighted by Crippen LogP contribution is 2.47. The number of hydrogen-bond donors (Lipinski definition) is 1. The van der Waals surface area contributed by atoms with Crippen molar-refractivity contribution in [3.63, 3.8) is 0 Å². The highest BCUT2D eigenvalue weighted by molar-refractivity contribution is 9.10. The number of alkyl halides is 3. The van der Waals surface area contributed by atoms with E-state index in [0.717, 1.165) is 24.1 Å². The maximum Gasteiger partial charge on any atom is 0.436 e. The molecule has 12 heteroatoms. The third-order valence-electron chi connectivity index (χ3n) is 5.68. The minimum Gasteiger partial charge on any atom is -0.323 e. The Labute approximate surface area is 212 Å². The van der Waals surface area contributed by atoms with Gasteiger partial charge in [0.15, 0.2) is 5.69 Å². The van der Waals surface area contributed by atoms with Crippen molar-refractivity contribution < 1.29 is 18.0 Å². The van der Waals surface area contributed by atoms with E-state index < -0.39 is 11.9 Å². The van der Waals surface area contributed by atoms with Gasteiger partial charge in [0.1, 0.15) is 0 Å². The zero-order valence-corrected chi connectivity index (χ0v) is 21.4. The predicted molar refractivity (Wildman–Crippen MR) is 127 cm³/mol. The van der Waals surface area contributed by atoms with Crippen molar-refractivity contribution in [2.75, 3.05) is 5.32 Å². The van der Waals surface area contributed by atoms with E-state index in [1.165, 1.54) is 4.68 Å². The number of aryl methyl sites for hydroxylation is 2. The number of rotatable bonds is 7. The Morgan fingerprint density at radius 1 is 1.18 bits per heavy atom. The lowest BCUT2D eigenvalue weighted by Gasteiger charge is -2.09. The average Bonchev–Trinajstić information content (AvgIpc) is 3.48. The van der Waals surface area contributed by atoms with Crippen LogP contribution in [0.3, 0.4) is 0 Å². The van der Waals surface area contributed by atoms with Gasteiger partial charge in [-0.15, -0.1) is 0 Å². The molecule has 1 N–H and O–H groups in total. The smallest absolute Gasteiger partial charge is 0.323 e. The lowest BCUT2D eigenvalue weighted by Crippen LogP contribution is -2.17. The monoisotopic (exact) mass is 577 g/mol. The molecule has 34 heavy (non-hydrogen) atoms. The van der Waals surface area contributed by atoms with Crippen molar-refractivity contribution in [1.82, 2.24) is 19.6 Å². The maximum absolute atomic E-state index is 13.3. The first-order valence-corrected chi connectivity index (χ1v) is 12.1. The highest BCUT2D eigenvalue weighted by Gasteiger charge is 2.41. The molecule has 1 amide bonds. The predicted octanol–water partition coefficient (Wildman–Crippen LogP) is 6.74. The minimum absolute atomic E-state index is 0.0258. The van der Waals surface area contributed by atoms with E-state index in [0.29, 0.717) is 33.7 Å². The van der Waals surface area contributed by atoms with Gasteiger partial charge < -0.3 is 5.32 Å². The molecule has 0 bridgehead atoms. The largest absolute Gasteiger partial charge is 0.436 e. The van der Waals surface area contributed by atoms with Crippen molar-refractivity contribution in [2.24, 2.45) is 0 Å². The van der Waals surface area contributed by atoms with E-state index in [1.54, 1.807) is 23.7 Å². The lowest BCUT2D eigenvalue weighted by molar-refractivity contribution is -0.142. The number of nitrogens with one attached hydrogen (secondary N) is 1. The van der Waals surface area contributed by atoms with Crippen molar-refractivity contribution >= 4 is 50.7 Å². The van der Waals surface area contributed by atoms with Gasteiger partial charge in [0.05, 0.1) is 50.4 Å². The fourth-order valence-corrected chi connectivity index (χ4v) is 4.96. The molecule has 1 aliphatic carbocycles. The van der Waals surface area contributed by atoms with Crippen molar-refractivity contribution in [3.05, 3.63) is 61.1 Å². The van der Waals surface area contributed by atoms with E-state index in [1.807, 2.05) is 13.0 Å². The number of aromatic nitrogens is 4. The van der Waals surface area contributed by atoms with Gasteiger partial charge in [0, 0.05) is 12.3 Å². The molecular weight excluding hydrogens is 558 g/mol. The molecule has 1 fully saturated rings. The molecule has 1 saturated carbocycles. The van der Waals surface area contributed by atoms with Gasteiger partial charge in [-0.05, 0) is 60.3 Å². The molecule has 0 saturated heterocycles. The summed E-state index contributed by atoms with van der Waals surface area (Å²) in [5.41, 5.74) is 2.40. The second-order valence-electron chi connectivity index (χ2n) is 8.29. The first kappa shape index (κ1) is 25.1. The van der Waals surface area contributed by atoms with Crippen LogP contribution in [0.15, 0.2) is 22.7 Å². The Bertz CT molecular complexity index is 1250. The Morgan fingerprint density at radius 3 is 2.50 bits per heavy atom. The van der Waals surface area contributed by atoms with Crippen LogP contribution in [0.4, 0.5) is 18.9 Å². The van der Waals surface area contributed by atoms with Gasteiger partial charge in [-0.2, -0.15) is 23.4 Å². The van der Waals surface area contributed by atoms with E-state index in [2.05, 4.69) is 31.4 Å².